The summed E-state index contributed by atoms with van der Waals surface area (Å²) >= 11 is 1.33. The lowest BCUT2D eigenvalue weighted by Crippen LogP contribution is -1.79. The first-order valence-electron chi connectivity index (χ1n) is 7.50. The van der Waals surface area contributed by atoms with E-state index >= 15 is 0 Å². The van der Waals surface area contributed by atoms with Crippen LogP contribution in [0.5, 0.6) is 0 Å². The van der Waals surface area contributed by atoms with Crippen LogP contribution in [-0.2, 0) is 5.75 Å². The van der Waals surface area contributed by atoms with Crippen molar-refractivity contribution in [3.63, 3.8) is 0 Å². The normalized spacial score (nSPS) is 10.9. The van der Waals surface area contributed by atoms with Gasteiger partial charge in [-0.2, -0.15) is 0 Å². The number of halogens is 1. The molecule has 5 nitrogen and oxygen atoms in total. The molecule has 25 heavy (non-hydrogen) atoms. The first kappa shape index (κ1) is 15.6. The summed E-state index contributed by atoms with van der Waals surface area (Å²) < 4.78 is 24.3. The van der Waals surface area contributed by atoms with E-state index in [1.54, 1.807) is 18.3 Å². The van der Waals surface area contributed by atoms with Gasteiger partial charge < -0.3 is 8.83 Å². The maximum Gasteiger partial charge on any atom is 0.277 e. The van der Waals surface area contributed by atoms with E-state index in [4.69, 9.17) is 8.83 Å². The van der Waals surface area contributed by atoms with Gasteiger partial charge in [0.15, 0.2) is 5.76 Å². The lowest BCUT2D eigenvalue weighted by atomic mass is 10.2. The third-order valence-electron chi connectivity index (χ3n) is 3.43. The standard InChI is InChI=1S/C18H12FN3O2S/c19-14-8-6-13(7-9-14)17-21-22-18(24-17)25-11-16-20-10-15(23-16)12-4-2-1-3-5-12/h1-10H,11H2. The van der Waals surface area contributed by atoms with Gasteiger partial charge in [-0.25, -0.2) is 9.37 Å². The van der Waals surface area contributed by atoms with Gasteiger partial charge >= 0.3 is 0 Å². The van der Waals surface area contributed by atoms with Crippen LogP contribution in [-0.4, -0.2) is 15.2 Å². The molecular formula is C18H12FN3O2S. The number of hydrogen-bond donors (Lipinski definition) is 0. The minimum Gasteiger partial charge on any atom is -0.440 e. The number of rotatable bonds is 5. The Morgan fingerprint density at radius 2 is 1.68 bits per heavy atom. The second-order valence-electron chi connectivity index (χ2n) is 5.15. The van der Waals surface area contributed by atoms with Crippen LogP contribution < -0.4 is 0 Å². The molecule has 2 heterocycles. The quantitative estimate of drug-likeness (QED) is 0.479. The fourth-order valence-electron chi connectivity index (χ4n) is 2.21. The van der Waals surface area contributed by atoms with Crippen LogP contribution >= 0.6 is 11.8 Å². The zero-order valence-electron chi connectivity index (χ0n) is 12.9. The van der Waals surface area contributed by atoms with Crippen LogP contribution in [0.15, 0.2) is 74.9 Å². The zero-order chi connectivity index (χ0) is 17.1. The fourth-order valence-corrected chi connectivity index (χ4v) is 2.83. The van der Waals surface area contributed by atoms with Crippen LogP contribution in [0.1, 0.15) is 5.89 Å². The summed E-state index contributed by atoms with van der Waals surface area (Å²) in [6, 6.07) is 15.7. The molecule has 7 heteroatoms. The number of thioether (sulfide) groups is 1. The molecule has 0 amide bonds. The van der Waals surface area contributed by atoms with Crippen LogP contribution in [0.4, 0.5) is 4.39 Å². The number of hydrogen-bond acceptors (Lipinski definition) is 6. The summed E-state index contributed by atoms with van der Waals surface area (Å²) in [5.74, 6) is 1.80. The number of nitrogens with zero attached hydrogens (tertiary/aromatic N) is 3. The Labute approximate surface area is 146 Å². The maximum atomic E-state index is 13.0. The van der Waals surface area contributed by atoms with E-state index in [0.29, 0.717) is 34.1 Å². The van der Waals surface area contributed by atoms with Crippen molar-refractivity contribution in [1.82, 2.24) is 15.2 Å². The van der Waals surface area contributed by atoms with Crippen LogP contribution in [0.25, 0.3) is 22.8 Å². The number of aromatic nitrogens is 3. The van der Waals surface area contributed by atoms with Crippen LogP contribution in [0.3, 0.4) is 0 Å². The second kappa shape index (κ2) is 6.90. The molecule has 0 aliphatic heterocycles. The highest BCUT2D eigenvalue weighted by atomic mass is 32.2. The highest BCUT2D eigenvalue weighted by Gasteiger charge is 2.12. The Morgan fingerprint density at radius 3 is 2.48 bits per heavy atom. The van der Waals surface area contributed by atoms with Crippen molar-refractivity contribution in [3.8, 4) is 22.8 Å². The molecule has 2 aromatic heterocycles. The van der Waals surface area contributed by atoms with Crippen LogP contribution in [0, 0.1) is 5.82 Å². The Balaban J connectivity index is 1.42. The molecule has 0 atom stereocenters. The molecule has 2 aromatic carbocycles. The summed E-state index contributed by atoms with van der Waals surface area (Å²) in [7, 11) is 0. The molecule has 4 rings (SSSR count). The van der Waals surface area contributed by atoms with Gasteiger partial charge in [-0.3, -0.25) is 0 Å². The lowest BCUT2D eigenvalue weighted by molar-refractivity contribution is 0.464. The number of oxazole rings is 1. The first-order valence-corrected chi connectivity index (χ1v) is 8.49. The van der Waals surface area contributed by atoms with Gasteiger partial charge in [0.25, 0.3) is 5.22 Å². The van der Waals surface area contributed by atoms with Crippen molar-refractivity contribution in [2.24, 2.45) is 0 Å². The maximum absolute atomic E-state index is 13.0. The van der Waals surface area contributed by atoms with E-state index in [2.05, 4.69) is 15.2 Å². The highest BCUT2D eigenvalue weighted by molar-refractivity contribution is 7.98. The zero-order valence-corrected chi connectivity index (χ0v) is 13.7. The molecule has 0 saturated heterocycles. The average molecular weight is 353 g/mol. The minimum absolute atomic E-state index is 0.309. The lowest BCUT2D eigenvalue weighted by Gasteiger charge is -1.95. The molecule has 0 spiro atoms. The Bertz CT molecular complexity index is 967. The predicted molar refractivity (Wildman–Crippen MR) is 91.2 cm³/mol. The largest absolute Gasteiger partial charge is 0.440 e. The van der Waals surface area contributed by atoms with Crippen molar-refractivity contribution >= 4 is 11.8 Å². The van der Waals surface area contributed by atoms with Gasteiger partial charge in [-0.15, -0.1) is 10.2 Å². The fraction of sp³-hybridized carbons (Fsp3) is 0.0556. The van der Waals surface area contributed by atoms with E-state index in [9.17, 15) is 4.39 Å². The van der Waals surface area contributed by atoms with Gasteiger partial charge in [-0.1, -0.05) is 42.1 Å². The molecule has 0 bridgehead atoms. The Morgan fingerprint density at radius 1 is 0.880 bits per heavy atom. The van der Waals surface area contributed by atoms with Gasteiger partial charge in [0, 0.05) is 11.1 Å². The van der Waals surface area contributed by atoms with Gasteiger partial charge in [0.05, 0.1) is 11.9 Å². The van der Waals surface area contributed by atoms with E-state index in [1.807, 2.05) is 30.3 Å². The summed E-state index contributed by atoms with van der Waals surface area (Å²) in [5, 5.41) is 8.35. The van der Waals surface area contributed by atoms with E-state index in [-0.39, 0.29) is 5.82 Å². The summed E-state index contributed by atoms with van der Waals surface area (Å²) in [6.07, 6.45) is 1.70. The number of benzene rings is 2. The van der Waals surface area contributed by atoms with E-state index in [1.165, 1.54) is 23.9 Å². The average Bonchev–Trinajstić information content (AvgIpc) is 3.31. The third-order valence-corrected chi connectivity index (χ3v) is 4.23. The summed E-state index contributed by atoms with van der Waals surface area (Å²) in [6.45, 7) is 0. The molecule has 0 radical (unpaired) electrons. The van der Waals surface area contributed by atoms with Crippen molar-refractivity contribution in [3.05, 3.63) is 72.5 Å². The first-order chi connectivity index (χ1) is 12.3. The highest BCUT2D eigenvalue weighted by Crippen LogP contribution is 2.27. The minimum atomic E-state index is -0.309. The Hall–Kier alpha value is -2.93. The molecule has 4 aromatic rings. The molecule has 0 fully saturated rings. The van der Waals surface area contributed by atoms with Crippen molar-refractivity contribution in [2.45, 2.75) is 11.0 Å². The topological polar surface area (TPSA) is 65.0 Å². The summed E-state index contributed by atoms with van der Waals surface area (Å²) in [5.41, 5.74) is 1.64. The monoisotopic (exact) mass is 353 g/mol. The van der Waals surface area contributed by atoms with Crippen LogP contribution in [0.2, 0.25) is 0 Å². The SMILES string of the molecule is Fc1ccc(-c2nnc(SCc3ncc(-c4ccccc4)o3)o2)cc1. The molecule has 0 aliphatic rings. The molecule has 0 aliphatic carbocycles. The summed E-state index contributed by atoms with van der Waals surface area (Å²) in [4.78, 5) is 4.26. The van der Waals surface area contributed by atoms with Crippen molar-refractivity contribution in [2.75, 3.05) is 0 Å². The molecule has 0 saturated carbocycles. The predicted octanol–water partition coefficient (Wildman–Crippen LogP) is 4.82. The van der Waals surface area contributed by atoms with Crippen molar-refractivity contribution in [1.29, 1.82) is 0 Å². The van der Waals surface area contributed by atoms with Gasteiger partial charge in [0.1, 0.15) is 5.82 Å². The molecular weight excluding hydrogens is 341 g/mol. The second-order valence-corrected chi connectivity index (χ2v) is 6.08. The van der Waals surface area contributed by atoms with Gasteiger partial charge in [0.2, 0.25) is 11.8 Å². The third kappa shape index (κ3) is 3.61. The molecule has 0 unspecified atom stereocenters. The van der Waals surface area contributed by atoms with Gasteiger partial charge in [-0.05, 0) is 24.3 Å². The molecule has 0 N–H and O–H groups in total. The van der Waals surface area contributed by atoms with E-state index < -0.39 is 0 Å². The Kier molecular flexibility index (Phi) is 4.30. The van der Waals surface area contributed by atoms with Crippen molar-refractivity contribution < 1.29 is 13.2 Å². The molecule has 124 valence electrons. The smallest absolute Gasteiger partial charge is 0.277 e. The van der Waals surface area contributed by atoms with E-state index in [0.717, 1.165) is 5.56 Å².